The highest BCUT2D eigenvalue weighted by Gasteiger charge is 2.13. The molecule has 0 saturated carbocycles. The SMILES string of the molecule is CCCc1nc2ccc(NC(=O)CCc3ccccc3)cc2c(=O)n1Cc1ccc(-c2cccc(Cl)c2)cc1. The number of hydrogen-bond acceptors (Lipinski definition) is 3. The van der Waals surface area contributed by atoms with Gasteiger partial charge in [0.2, 0.25) is 5.91 Å². The molecule has 39 heavy (non-hydrogen) atoms. The molecule has 5 nitrogen and oxygen atoms in total. The number of hydrogen-bond donors (Lipinski definition) is 1. The number of amides is 1. The van der Waals surface area contributed by atoms with Gasteiger partial charge in [-0.1, -0.05) is 85.3 Å². The van der Waals surface area contributed by atoms with Crippen LogP contribution >= 0.6 is 11.6 Å². The Kier molecular flexibility index (Phi) is 8.18. The highest BCUT2D eigenvalue weighted by molar-refractivity contribution is 6.30. The fraction of sp³-hybridized carbons (Fsp3) is 0.182. The first-order valence-corrected chi connectivity index (χ1v) is 13.6. The molecule has 0 radical (unpaired) electrons. The predicted molar refractivity (Wildman–Crippen MR) is 159 cm³/mol. The Labute approximate surface area is 233 Å². The summed E-state index contributed by atoms with van der Waals surface area (Å²) in [5, 5.41) is 4.13. The summed E-state index contributed by atoms with van der Waals surface area (Å²) in [7, 11) is 0. The zero-order valence-electron chi connectivity index (χ0n) is 21.9. The zero-order valence-corrected chi connectivity index (χ0v) is 22.6. The normalized spacial score (nSPS) is 11.0. The molecule has 5 aromatic rings. The summed E-state index contributed by atoms with van der Waals surface area (Å²) in [6.07, 6.45) is 2.60. The average Bonchev–Trinajstić information content (AvgIpc) is 2.95. The molecule has 1 N–H and O–H groups in total. The van der Waals surface area contributed by atoms with Gasteiger partial charge >= 0.3 is 0 Å². The lowest BCUT2D eigenvalue weighted by molar-refractivity contribution is -0.116. The Balaban J connectivity index is 1.39. The number of halogens is 1. The Morgan fingerprint density at radius 2 is 1.64 bits per heavy atom. The van der Waals surface area contributed by atoms with Crippen LogP contribution in [0.15, 0.2) is 102 Å². The standard InChI is InChI=1S/C33H30ClN3O2/c1-2-7-31-36-30-18-17-28(35-32(38)19-14-23-8-4-3-5-9-23)21-29(30)33(39)37(31)22-24-12-15-25(16-13-24)26-10-6-11-27(34)20-26/h3-6,8-13,15-18,20-21H,2,7,14,19,22H2,1H3,(H,35,38). The second kappa shape index (κ2) is 12.1. The summed E-state index contributed by atoms with van der Waals surface area (Å²) in [5.41, 5.74) is 5.35. The number of carbonyl (C=O) groups excluding carboxylic acids is 1. The van der Waals surface area contributed by atoms with Crippen LogP contribution < -0.4 is 10.9 Å². The fourth-order valence-corrected chi connectivity index (χ4v) is 4.89. The number of anilines is 1. The fourth-order valence-electron chi connectivity index (χ4n) is 4.70. The highest BCUT2D eigenvalue weighted by Crippen LogP contribution is 2.24. The maximum atomic E-state index is 13.7. The quantitative estimate of drug-likeness (QED) is 0.215. The van der Waals surface area contributed by atoms with Crippen molar-refractivity contribution in [1.29, 1.82) is 0 Å². The maximum Gasteiger partial charge on any atom is 0.261 e. The molecule has 0 aliphatic heterocycles. The summed E-state index contributed by atoms with van der Waals surface area (Å²) in [5.74, 6) is 0.669. The van der Waals surface area contributed by atoms with Gasteiger partial charge in [0.1, 0.15) is 5.82 Å². The van der Waals surface area contributed by atoms with Crippen LogP contribution in [-0.2, 0) is 24.2 Å². The van der Waals surface area contributed by atoms with E-state index in [1.165, 1.54) is 0 Å². The summed E-state index contributed by atoms with van der Waals surface area (Å²) >= 11 is 6.16. The Morgan fingerprint density at radius 1 is 0.846 bits per heavy atom. The molecule has 196 valence electrons. The second-order valence-corrected chi connectivity index (χ2v) is 10.1. The molecule has 0 fully saturated rings. The first-order chi connectivity index (χ1) is 19.0. The van der Waals surface area contributed by atoms with E-state index in [2.05, 4.69) is 12.2 Å². The third-order valence-electron chi connectivity index (χ3n) is 6.73. The number of aryl methyl sites for hydroxylation is 2. The average molecular weight is 536 g/mol. The summed E-state index contributed by atoms with van der Waals surface area (Å²) in [4.78, 5) is 31.1. The number of nitrogens with zero attached hydrogens (tertiary/aromatic N) is 2. The van der Waals surface area contributed by atoms with Gasteiger partial charge in [0.15, 0.2) is 0 Å². The summed E-state index contributed by atoms with van der Waals surface area (Å²) < 4.78 is 1.75. The molecular formula is C33H30ClN3O2. The molecule has 1 aromatic heterocycles. The van der Waals surface area contributed by atoms with Crippen molar-refractivity contribution in [3.8, 4) is 11.1 Å². The molecule has 0 spiro atoms. The predicted octanol–water partition coefficient (Wildman–Crippen LogP) is 7.29. The largest absolute Gasteiger partial charge is 0.326 e. The third-order valence-corrected chi connectivity index (χ3v) is 6.96. The van der Waals surface area contributed by atoms with E-state index in [0.29, 0.717) is 47.4 Å². The van der Waals surface area contributed by atoms with E-state index in [0.717, 1.165) is 34.5 Å². The van der Waals surface area contributed by atoms with Crippen LogP contribution in [0.5, 0.6) is 0 Å². The minimum absolute atomic E-state index is 0.0890. The van der Waals surface area contributed by atoms with Crippen molar-refractivity contribution < 1.29 is 4.79 Å². The number of fused-ring (bicyclic) bond motifs is 1. The smallest absolute Gasteiger partial charge is 0.261 e. The molecular weight excluding hydrogens is 506 g/mol. The maximum absolute atomic E-state index is 13.7. The van der Waals surface area contributed by atoms with Gasteiger partial charge in [-0.05, 0) is 65.4 Å². The van der Waals surface area contributed by atoms with Crippen LogP contribution in [0.4, 0.5) is 5.69 Å². The van der Waals surface area contributed by atoms with Crippen molar-refractivity contribution in [3.63, 3.8) is 0 Å². The Morgan fingerprint density at radius 3 is 2.38 bits per heavy atom. The topological polar surface area (TPSA) is 64.0 Å². The monoisotopic (exact) mass is 535 g/mol. The van der Waals surface area contributed by atoms with Gasteiger partial charge in [0, 0.05) is 23.6 Å². The molecule has 5 rings (SSSR count). The van der Waals surface area contributed by atoms with Gasteiger partial charge < -0.3 is 5.32 Å². The molecule has 4 aromatic carbocycles. The van der Waals surface area contributed by atoms with Crippen LogP contribution in [-0.4, -0.2) is 15.5 Å². The lowest BCUT2D eigenvalue weighted by atomic mass is 10.0. The van der Waals surface area contributed by atoms with E-state index in [4.69, 9.17) is 16.6 Å². The molecule has 0 bridgehead atoms. The van der Waals surface area contributed by atoms with E-state index in [1.54, 1.807) is 10.6 Å². The lowest BCUT2D eigenvalue weighted by Crippen LogP contribution is -2.26. The summed E-state index contributed by atoms with van der Waals surface area (Å²) in [6, 6.07) is 31.2. The van der Waals surface area contributed by atoms with Crippen LogP contribution in [0.25, 0.3) is 22.0 Å². The number of aromatic nitrogens is 2. The van der Waals surface area contributed by atoms with E-state index in [9.17, 15) is 9.59 Å². The van der Waals surface area contributed by atoms with Gasteiger partial charge in [0.25, 0.3) is 5.56 Å². The number of rotatable bonds is 9. The van der Waals surface area contributed by atoms with Crippen molar-refractivity contribution in [2.75, 3.05) is 5.32 Å². The highest BCUT2D eigenvalue weighted by atomic mass is 35.5. The molecule has 0 saturated heterocycles. The Hall–Kier alpha value is -4.22. The first kappa shape index (κ1) is 26.4. The van der Waals surface area contributed by atoms with Crippen molar-refractivity contribution in [2.24, 2.45) is 0 Å². The minimum atomic E-state index is -0.109. The molecule has 1 amide bonds. The van der Waals surface area contributed by atoms with Gasteiger partial charge in [-0.15, -0.1) is 0 Å². The van der Waals surface area contributed by atoms with Crippen molar-refractivity contribution in [2.45, 2.75) is 39.2 Å². The van der Waals surface area contributed by atoms with Crippen LogP contribution in [0, 0.1) is 0 Å². The van der Waals surface area contributed by atoms with Crippen LogP contribution in [0.3, 0.4) is 0 Å². The van der Waals surface area contributed by atoms with Gasteiger partial charge in [-0.3, -0.25) is 14.2 Å². The molecule has 0 unspecified atom stereocenters. The Bertz CT molecular complexity index is 1660. The number of carbonyl (C=O) groups is 1. The van der Waals surface area contributed by atoms with E-state index in [1.807, 2.05) is 91.0 Å². The van der Waals surface area contributed by atoms with E-state index >= 15 is 0 Å². The summed E-state index contributed by atoms with van der Waals surface area (Å²) in [6.45, 7) is 2.50. The van der Waals surface area contributed by atoms with Crippen LogP contribution in [0.2, 0.25) is 5.02 Å². The first-order valence-electron chi connectivity index (χ1n) is 13.2. The molecule has 6 heteroatoms. The van der Waals surface area contributed by atoms with E-state index in [-0.39, 0.29) is 11.5 Å². The van der Waals surface area contributed by atoms with Crippen molar-refractivity contribution in [1.82, 2.24) is 9.55 Å². The molecule has 0 atom stereocenters. The molecule has 0 aliphatic carbocycles. The molecule has 1 heterocycles. The molecule has 0 aliphatic rings. The van der Waals surface area contributed by atoms with Crippen molar-refractivity contribution >= 4 is 34.1 Å². The number of benzene rings is 4. The van der Waals surface area contributed by atoms with Crippen molar-refractivity contribution in [3.05, 3.63) is 129 Å². The van der Waals surface area contributed by atoms with Crippen LogP contribution in [0.1, 0.15) is 36.7 Å². The minimum Gasteiger partial charge on any atom is -0.326 e. The van der Waals surface area contributed by atoms with Gasteiger partial charge in [-0.25, -0.2) is 4.98 Å². The van der Waals surface area contributed by atoms with Gasteiger partial charge in [-0.2, -0.15) is 0 Å². The second-order valence-electron chi connectivity index (χ2n) is 9.64. The van der Waals surface area contributed by atoms with Gasteiger partial charge in [0.05, 0.1) is 17.4 Å². The zero-order chi connectivity index (χ0) is 27.2. The third kappa shape index (κ3) is 6.44. The van der Waals surface area contributed by atoms with E-state index < -0.39 is 0 Å². The number of nitrogens with one attached hydrogen (secondary N) is 1. The lowest BCUT2D eigenvalue weighted by Gasteiger charge is -2.14.